The molecule has 2 aromatic carbocycles. The number of aryl methyl sites for hydroxylation is 2. The van der Waals surface area contributed by atoms with E-state index in [1.807, 2.05) is 42.5 Å². The van der Waals surface area contributed by atoms with Crippen LogP contribution in [0.4, 0.5) is 0 Å². The summed E-state index contributed by atoms with van der Waals surface area (Å²) in [6.45, 7) is 0. The smallest absolute Gasteiger partial charge is 0.214 e. The molecule has 1 aromatic heterocycles. The van der Waals surface area contributed by atoms with E-state index in [9.17, 15) is 8.42 Å². The van der Waals surface area contributed by atoms with E-state index in [-0.39, 0.29) is 11.8 Å². The average molecular weight is 369 g/mol. The Labute approximate surface area is 154 Å². The van der Waals surface area contributed by atoms with Gasteiger partial charge in [-0.15, -0.1) is 0 Å². The van der Waals surface area contributed by atoms with Crippen molar-refractivity contribution in [3.8, 4) is 0 Å². The minimum atomic E-state index is -3.27. The lowest BCUT2D eigenvalue weighted by atomic mass is 9.91. The van der Waals surface area contributed by atoms with Crippen LogP contribution >= 0.6 is 0 Å². The molecule has 1 aliphatic carbocycles. The molecular weight excluding hydrogens is 344 g/mol. The third kappa shape index (κ3) is 3.29. The number of benzene rings is 2. The van der Waals surface area contributed by atoms with Gasteiger partial charge in [-0.2, -0.15) is 0 Å². The van der Waals surface area contributed by atoms with Crippen LogP contribution in [-0.2, 0) is 29.3 Å². The number of para-hydroxylation sites is 1. The van der Waals surface area contributed by atoms with Crippen LogP contribution in [0.5, 0.6) is 0 Å². The van der Waals surface area contributed by atoms with Crippen molar-refractivity contribution in [2.75, 3.05) is 12.8 Å². The van der Waals surface area contributed by atoms with Crippen LogP contribution in [0.1, 0.15) is 23.2 Å². The van der Waals surface area contributed by atoms with E-state index >= 15 is 0 Å². The predicted molar refractivity (Wildman–Crippen MR) is 106 cm³/mol. The number of H-pyrrole nitrogens is 1. The van der Waals surface area contributed by atoms with Crippen molar-refractivity contribution in [2.24, 2.45) is 0 Å². The van der Waals surface area contributed by atoms with Gasteiger partial charge in [0.05, 0.1) is 5.75 Å². The molecule has 0 fully saturated rings. The van der Waals surface area contributed by atoms with Gasteiger partial charge in [-0.1, -0.05) is 48.5 Å². The fourth-order valence-corrected chi connectivity index (χ4v) is 5.34. The van der Waals surface area contributed by atoms with E-state index in [2.05, 4.69) is 17.1 Å². The van der Waals surface area contributed by atoms with Gasteiger partial charge < -0.3 is 4.98 Å². The first kappa shape index (κ1) is 17.3. The summed E-state index contributed by atoms with van der Waals surface area (Å²) in [5.41, 5.74) is 4.75. The number of hydrogen-bond acceptors (Lipinski definition) is 2. The zero-order chi connectivity index (χ0) is 18.1. The summed E-state index contributed by atoms with van der Waals surface area (Å²) in [7, 11) is -1.53. The number of hydrogen-bond donors (Lipinski definition) is 1. The number of aromatic amines is 1. The van der Waals surface area contributed by atoms with Crippen LogP contribution in [0.15, 0.2) is 54.6 Å². The number of fused-ring (bicyclic) bond motifs is 3. The first-order valence-corrected chi connectivity index (χ1v) is 10.7. The molecule has 136 valence electrons. The lowest BCUT2D eigenvalue weighted by Gasteiger charge is -2.30. The van der Waals surface area contributed by atoms with Gasteiger partial charge >= 0.3 is 0 Å². The molecular formula is C21H24N2O2S. The van der Waals surface area contributed by atoms with E-state index in [1.165, 1.54) is 16.6 Å². The third-order valence-corrected chi connectivity index (χ3v) is 7.41. The molecule has 3 aromatic rings. The van der Waals surface area contributed by atoms with Crippen molar-refractivity contribution in [1.82, 2.24) is 9.29 Å². The summed E-state index contributed by atoms with van der Waals surface area (Å²) in [6, 6.07) is 18.1. The van der Waals surface area contributed by atoms with Crippen LogP contribution in [0.25, 0.3) is 10.9 Å². The van der Waals surface area contributed by atoms with Crippen molar-refractivity contribution < 1.29 is 8.42 Å². The number of rotatable bonds is 5. The van der Waals surface area contributed by atoms with Gasteiger partial charge in [-0.25, -0.2) is 12.7 Å². The Morgan fingerprint density at radius 3 is 2.62 bits per heavy atom. The fourth-order valence-electron chi connectivity index (χ4n) is 3.92. The molecule has 0 bridgehead atoms. The number of nitrogens with zero attached hydrogens (tertiary/aromatic N) is 1. The van der Waals surface area contributed by atoms with Crippen LogP contribution in [0.2, 0.25) is 0 Å². The first-order valence-electron chi connectivity index (χ1n) is 9.13. The van der Waals surface area contributed by atoms with Gasteiger partial charge in [-0.05, 0) is 42.9 Å². The highest BCUT2D eigenvalue weighted by atomic mass is 32.2. The van der Waals surface area contributed by atoms with Crippen molar-refractivity contribution in [3.05, 3.63) is 71.4 Å². The predicted octanol–water partition coefficient (Wildman–Crippen LogP) is 3.53. The molecule has 1 aliphatic rings. The van der Waals surface area contributed by atoms with E-state index in [1.54, 1.807) is 11.4 Å². The lowest BCUT2D eigenvalue weighted by molar-refractivity contribution is 0.336. The highest BCUT2D eigenvalue weighted by molar-refractivity contribution is 7.89. The van der Waals surface area contributed by atoms with Crippen LogP contribution in [0.3, 0.4) is 0 Å². The number of nitrogens with one attached hydrogen (secondary N) is 1. The van der Waals surface area contributed by atoms with E-state index in [4.69, 9.17) is 0 Å². The van der Waals surface area contributed by atoms with Crippen molar-refractivity contribution >= 4 is 20.9 Å². The molecule has 1 N–H and O–H groups in total. The molecule has 4 nitrogen and oxygen atoms in total. The van der Waals surface area contributed by atoms with E-state index in [0.29, 0.717) is 6.42 Å². The van der Waals surface area contributed by atoms with Gasteiger partial charge in [0.1, 0.15) is 0 Å². The molecule has 0 amide bonds. The molecule has 5 heteroatoms. The molecule has 1 atom stereocenters. The summed E-state index contributed by atoms with van der Waals surface area (Å²) in [5, 5.41) is 1.22. The van der Waals surface area contributed by atoms with Crippen molar-refractivity contribution in [1.29, 1.82) is 0 Å². The second-order valence-corrected chi connectivity index (χ2v) is 9.24. The largest absolute Gasteiger partial charge is 0.358 e. The Kier molecular flexibility index (Phi) is 4.59. The Hall–Kier alpha value is -2.11. The fraction of sp³-hybridized carbons (Fsp3) is 0.333. The van der Waals surface area contributed by atoms with Gasteiger partial charge in [0.25, 0.3) is 0 Å². The molecule has 4 rings (SSSR count). The molecule has 0 saturated heterocycles. The molecule has 1 heterocycles. The van der Waals surface area contributed by atoms with Gasteiger partial charge in [0.2, 0.25) is 10.0 Å². The first-order chi connectivity index (χ1) is 12.5. The standard InChI is InChI=1S/C21H24N2O2S/c1-23(26(24,25)14-13-16-7-3-2-4-8-16)17-11-12-21-19(15-17)18-9-5-6-10-20(18)22-21/h2-10,17,22H,11-15H2,1H3. The second kappa shape index (κ2) is 6.89. The maximum Gasteiger partial charge on any atom is 0.214 e. The topological polar surface area (TPSA) is 53.2 Å². The zero-order valence-corrected chi connectivity index (χ0v) is 15.8. The number of likely N-dealkylation sites (N-methyl/N-ethyl adjacent to an activating group) is 1. The Morgan fingerprint density at radius 1 is 1.08 bits per heavy atom. The van der Waals surface area contributed by atoms with E-state index in [0.717, 1.165) is 30.3 Å². The second-order valence-electron chi connectivity index (χ2n) is 7.09. The van der Waals surface area contributed by atoms with E-state index < -0.39 is 10.0 Å². The summed E-state index contributed by atoms with van der Waals surface area (Å²) in [4.78, 5) is 3.49. The summed E-state index contributed by atoms with van der Waals surface area (Å²) >= 11 is 0. The van der Waals surface area contributed by atoms with Crippen LogP contribution < -0.4 is 0 Å². The van der Waals surface area contributed by atoms with Gasteiger partial charge in [-0.3, -0.25) is 0 Å². The molecule has 0 radical (unpaired) electrons. The quantitative estimate of drug-likeness (QED) is 0.749. The molecule has 0 saturated carbocycles. The summed E-state index contributed by atoms with van der Waals surface area (Å²) in [6.07, 6.45) is 3.09. The summed E-state index contributed by atoms with van der Waals surface area (Å²) in [5.74, 6) is 0.157. The Morgan fingerprint density at radius 2 is 1.81 bits per heavy atom. The van der Waals surface area contributed by atoms with Crippen molar-refractivity contribution in [2.45, 2.75) is 31.7 Å². The molecule has 0 spiro atoms. The lowest BCUT2D eigenvalue weighted by Crippen LogP contribution is -2.41. The zero-order valence-electron chi connectivity index (χ0n) is 15.0. The highest BCUT2D eigenvalue weighted by Gasteiger charge is 2.30. The monoisotopic (exact) mass is 368 g/mol. The average Bonchev–Trinajstić information content (AvgIpc) is 3.04. The Balaban J connectivity index is 1.50. The molecule has 1 unspecified atom stereocenters. The van der Waals surface area contributed by atoms with Crippen LogP contribution in [0, 0.1) is 0 Å². The summed E-state index contributed by atoms with van der Waals surface area (Å²) < 4.78 is 27.3. The Bertz CT molecular complexity index is 1010. The SMILES string of the molecule is CN(C1CCc2[nH]c3ccccc3c2C1)S(=O)(=O)CCc1ccccc1. The highest BCUT2D eigenvalue weighted by Crippen LogP contribution is 2.31. The maximum absolute atomic E-state index is 12.8. The maximum atomic E-state index is 12.8. The van der Waals surface area contributed by atoms with Gasteiger partial charge in [0.15, 0.2) is 0 Å². The normalized spacial score (nSPS) is 17.5. The third-order valence-electron chi connectivity index (χ3n) is 5.51. The minimum Gasteiger partial charge on any atom is -0.358 e. The van der Waals surface area contributed by atoms with Gasteiger partial charge in [0, 0.05) is 29.7 Å². The number of sulfonamides is 1. The molecule has 0 aliphatic heterocycles. The minimum absolute atomic E-state index is 0.0301. The number of aromatic nitrogens is 1. The molecule has 26 heavy (non-hydrogen) atoms. The van der Waals surface area contributed by atoms with Crippen LogP contribution in [-0.4, -0.2) is 36.5 Å². The van der Waals surface area contributed by atoms with Crippen molar-refractivity contribution in [3.63, 3.8) is 0 Å².